The van der Waals surface area contributed by atoms with E-state index in [1.165, 1.54) is 6.07 Å². The topological polar surface area (TPSA) is 38.7 Å². The first-order chi connectivity index (χ1) is 8.08. The van der Waals surface area contributed by atoms with Gasteiger partial charge >= 0.3 is 0 Å². The number of benzene rings is 1. The number of halogens is 1. The van der Waals surface area contributed by atoms with Crippen LogP contribution in [-0.4, -0.2) is 24.6 Å². The fraction of sp³-hybridized carbons (Fsp3) is 0.538. The molecule has 3 nitrogen and oxygen atoms in total. The molecule has 0 spiro atoms. The summed E-state index contributed by atoms with van der Waals surface area (Å²) in [5.41, 5.74) is 1.95. The van der Waals surface area contributed by atoms with E-state index in [2.05, 4.69) is 0 Å². The zero-order chi connectivity index (χ0) is 12.4. The number of rotatable bonds is 3. The second kappa shape index (κ2) is 5.12. The molecule has 0 aromatic heterocycles. The van der Waals surface area contributed by atoms with Crippen molar-refractivity contribution < 1.29 is 19.0 Å². The van der Waals surface area contributed by atoms with Crippen LogP contribution >= 0.6 is 0 Å². The van der Waals surface area contributed by atoms with Crippen LogP contribution in [0.25, 0.3) is 0 Å². The highest BCUT2D eigenvalue weighted by Gasteiger charge is 2.24. The minimum Gasteiger partial charge on any atom is -0.388 e. The monoisotopic (exact) mass is 240 g/mol. The van der Waals surface area contributed by atoms with Crippen LogP contribution in [0.3, 0.4) is 0 Å². The summed E-state index contributed by atoms with van der Waals surface area (Å²) < 4.78 is 24.3. The molecule has 1 aromatic carbocycles. The fourth-order valence-electron chi connectivity index (χ4n) is 2.19. The highest BCUT2D eigenvalue weighted by atomic mass is 19.1. The maximum Gasteiger partial charge on any atom is 0.160 e. The molecule has 1 atom stereocenters. The van der Waals surface area contributed by atoms with E-state index < -0.39 is 12.4 Å². The van der Waals surface area contributed by atoms with Crippen molar-refractivity contribution in [2.24, 2.45) is 0 Å². The predicted molar refractivity (Wildman–Crippen MR) is 61.1 cm³/mol. The van der Waals surface area contributed by atoms with Crippen molar-refractivity contribution in [1.82, 2.24) is 0 Å². The summed E-state index contributed by atoms with van der Waals surface area (Å²) in [6.45, 7) is 4.69. The zero-order valence-electron chi connectivity index (χ0n) is 10.1. The lowest BCUT2D eigenvalue weighted by atomic mass is 9.98. The van der Waals surface area contributed by atoms with Gasteiger partial charge < -0.3 is 14.6 Å². The molecule has 1 aliphatic heterocycles. The largest absolute Gasteiger partial charge is 0.388 e. The zero-order valence-corrected chi connectivity index (χ0v) is 10.1. The van der Waals surface area contributed by atoms with Gasteiger partial charge in [-0.2, -0.15) is 0 Å². The minimum absolute atomic E-state index is 0.265. The first-order valence-corrected chi connectivity index (χ1v) is 5.76. The SMILES string of the molecule is Cc1cc(C)c(C(O)CC2OCCO2)c(F)c1. The first kappa shape index (κ1) is 12.5. The van der Waals surface area contributed by atoms with Gasteiger partial charge in [-0.1, -0.05) is 6.07 Å². The molecule has 1 saturated heterocycles. The van der Waals surface area contributed by atoms with Crippen LogP contribution in [0.2, 0.25) is 0 Å². The Hall–Kier alpha value is -0.970. The third-order valence-corrected chi connectivity index (χ3v) is 2.92. The maximum absolute atomic E-state index is 13.8. The Morgan fingerprint density at radius 2 is 2.00 bits per heavy atom. The van der Waals surface area contributed by atoms with E-state index in [4.69, 9.17) is 9.47 Å². The predicted octanol–water partition coefficient (Wildman–Crippen LogP) is 2.24. The van der Waals surface area contributed by atoms with Crippen molar-refractivity contribution in [3.63, 3.8) is 0 Å². The van der Waals surface area contributed by atoms with E-state index in [9.17, 15) is 9.50 Å². The number of ether oxygens (including phenoxy) is 2. The number of hydrogen-bond acceptors (Lipinski definition) is 3. The lowest BCUT2D eigenvalue weighted by molar-refractivity contribution is -0.0712. The molecule has 1 unspecified atom stereocenters. The Morgan fingerprint density at radius 1 is 1.35 bits per heavy atom. The summed E-state index contributed by atoms with van der Waals surface area (Å²) in [7, 11) is 0. The molecule has 17 heavy (non-hydrogen) atoms. The molecule has 0 amide bonds. The van der Waals surface area contributed by atoms with Gasteiger partial charge in [0.15, 0.2) is 6.29 Å². The first-order valence-electron chi connectivity index (χ1n) is 5.76. The van der Waals surface area contributed by atoms with Gasteiger partial charge in [-0.15, -0.1) is 0 Å². The normalized spacial score (nSPS) is 18.6. The Morgan fingerprint density at radius 3 is 2.59 bits per heavy atom. The molecule has 1 aliphatic rings. The van der Waals surface area contributed by atoms with E-state index in [1.807, 2.05) is 13.0 Å². The van der Waals surface area contributed by atoms with Crippen LogP contribution in [0.5, 0.6) is 0 Å². The van der Waals surface area contributed by atoms with Gasteiger partial charge in [0.2, 0.25) is 0 Å². The molecular weight excluding hydrogens is 223 g/mol. The molecule has 2 rings (SSSR count). The second-order valence-electron chi connectivity index (χ2n) is 4.40. The standard InChI is InChI=1S/C13H17FO3/c1-8-5-9(2)13(10(14)6-8)11(15)7-12-16-3-4-17-12/h5-6,11-12,15H,3-4,7H2,1-2H3. The molecule has 0 aliphatic carbocycles. The molecule has 0 saturated carbocycles. The Balaban J connectivity index is 2.15. The summed E-state index contributed by atoms with van der Waals surface area (Å²) in [6, 6.07) is 3.29. The summed E-state index contributed by atoms with van der Waals surface area (Å²) in [5.74, 6) is -0.368. The Bertz CT molecular complexity index is 377. The smallest absolute Gasteiger partial charge is 0.160 e. The van der Waals surface area contributed by atoms with Gasteiger partial charge in [-0.05, 0) is 31.0 Å². The van der Waals surface area contributed by atoms with Gasteiger partial charge in [-0.25, -0.2) is 4.39 Å². The number of aliphatic hydroxyl groups is 1. The summed E-state index contributed by atoms with van der Waals surface area (Å²) >= 11 is 0. The van der Waals surface area contributed by atoms with Gasteiger partial charge in [0.25, 0.3) is 0 Å². The van der Waals surface area contributed by atoms with Crippen molar-refractivity contribution in [3.8, 4) is 0 Å². The van der Waals surface area contributed by atoms with Crippen molar-refractivity contribution in [2.75, 3.05) is 13.2 Å². The fourth-order valence-corrected chi connectivity index (χ4v) is 2.19. The van der Waals surface area contributed by atoms with Gasteiger partial charge in [-0.3, -0.25) is 0 Å². The van der Waals surface area contributed by atoms with E-state index in [1.54, 1.807) is 6.92 Å². The third kappa shape index (κ3) is 2.83. The maximum atomic E-state index is 13.8. The van der Waals surface area contributed by atoms with Crippen molar-refractivity contribution in [3.05, 3.63) is 34.6 Å². The molecule has 0 radical (unpaired) electrons. The summed E-state index contributed by atoms with van der Waals surface area (Å²) in [5, 5.41) is 10.0. The van der Waals surface area contributed by atoms with E-state index >= 15 is 0 Å². The molecule has 1 fully saturated rings. The molecule has 0 bridgehead atoms. The molecule has 94 valence electrons. The average Bonchev–Trinajstić information content (AvgIpc) is 2.68. The summed E-state index contributed by atoms with van der Waals surface area (Å²) in [6.07, 6.45) is -1.05. The van der Waals surface area contributed by atoms with Crippen molar-refractivity contribution in [2.45, 2.75) is 32.7 Å². The minimum atomic E-state index is -0.890. The molecule has 1 heterocycles. The summed E-state index contributed by atoms with van der Waals surface area (Å²) in [4.78, 5) is 0. The van der Waals surface area contributed by atoms with Gasteiger partial charge in [0.05, 0.1) is 19.3 Å². The molecule has 1 N–H and O–H groups in total. The van der Waals surface area contributed by atoms with E-state index in [0.29, 0.717) is 18.8 Å². The van der Waals surface area contributed by atoms with Gasteiger partial charge in [0, 0.05) is 12.0 Å². The lowest BCUT2D eigenvalue weighted by Crippen LogP contribution is -2.15. The quantitative estimate of drug-likeness (QED) is 0.880. The Labute approximate surface area is 100 Å². The highest BCUT2D eigenvalue weighted by Crippen LogP contribution is 2.27. The molecular formula is C13H17FO3. The number of aryl methyl sites for hydroxylation is 2. The van der Waals surface area contributed by atoms with Crippen LogP contribution in [0.4, 0.5) is 4.39 Å². The Kier molecular flexibility index (Phi) is 3.76. The highest BCUT2D eigenvalue weighted by molar-refractivity contribution is 5.33. The van der Waals surface area contributed by atoms with Crippen LogP contribution in [0.1, 0.15) is 29.2 Å². The lowest BCUT2D eigenvalue weighted by Gasteiger charge is -2.18. The average molecular weight is 240 g/mol. The number of aliphatic hydroxyl groups excluding tert-OH is 1. The number of hydrogen-bond donors (Lipinski definition) is 1. The van der Waals surface area contributed by atoms with Gasteiger partial charge in [0.1, 0.15) is 5.82 Å². The van der Waals surface area contributed by atoms with Crippen LogP contribution < -0.4 is 0 Å². The molecule has 4 heteroatoms. The van der Waals surface area contributed by atoms with E-state index in [-0.39, 0.29) is 12.2 Å². The van der Waals surface area contributed by atoms with E-state index in [0.717, 1.165) is 11.1 Å². The molecule has 1 aromatic rings. The van der Waals surface area contributed by atoms with Crippen molar-refractivity contribution >= 4 is 0 Å². The van der Waals surface area contributed by atoms with Crippen LogP contribution in [-0.2, 0) is 9.47 Å². The third-order valence-electron chi connectivity index (χ3n) is 2.92. The van der Waals surface area contributed by atoms with Crippen molar-refractivity contribution in [1.29, 1.82) is 0 Å². The second-order valence-corrected chi connectivity index (χ2v) is 4.40. The van der Waals surface area contributed by atoms with Crippen LogP contribution in [0, 0.1) is 19.7 Å². The van der Waals surface area contributed by atoms with Crippen LogP contribution in [0.15, 0.2) is 12.1 Å².